The van der Waals surface area contributed by atoms with Gasteiger partial charge in [0.05, 0.1) is 18.9 Å². The molecular formula is C32H35N5O5. The number of rotatable bonds is 10. The number of carbonyl (C=O) groups excluding carboxylic acids is 2. The fourth-order valence-corrected chi connectivity index (χ4v) is 4.97. The number of aromatic nitrogens is 1. The first-order valence-electron chi connectivity index (χ1n) is 14.0. The van der Waals surface area contributed by atoms with Gasteiger partial charge in [-0.3, -0.25) is 4.90 Å². The molecule has 218 valence electrons. The summed E-state index contributed by atoms with van der Waals surface area (Å²) in [6.07, 6.45) is 5.68. The second kappa shape index (κ2) is 14.2. The Bertz CT molecular complexity index is 1460. The van der Waals surface area contributed by atoms with Crippen molar-refractivity contribution in [2.24, 2.45) is 0 Å². The molecule has 5 rings (SSSR count). The van der Waals surface area contributed by atoms with Crippen molar-refractivity contribution in [1.29, 1.82) is 0 Å². The van der Waals surface area contributed by atoms with Crippen LogP contribution in [0.2, 0.25) is 0 Å². The van der Waals surface area contributed by atoms with Gasteiger partial charge in [-0.2, -0.15) is 0 Å². The summed E-state index contributed by atoms with van der Waals surface area (Å²) in [7, 11) is 1.55. The van der Waals surface area contributed by atoms with Crippen molar-refractivity contribution in [2.45, 2.75) is 31.9 Å². The molecular weight excluding hydrogens is 534 g/mol. The molecule has 1 fully saturated rings. The van der Waals surface area contributed by atoms with Crippen LogP contribution in [0.15, 0.2) is 89.8 Å². The highest BCUT2D eigenvalue weighted by Crippen LogP contribution is 2.32. The lowest BCUT2D eigenvalue weighted by atomic mass is 10.1. The standard InChI is InChI=1S/C32H35N5O5/c1-40-28-18-26(13-14-27(28)29-20-33-22-41-29)36-31(38)35-25-12-8-9-23(17-25)19-34-32(39)42-30(24-10-4-2-5-11-24)21-37-15-6-3-7-16-37/h2,4-5,8-14,17-18,20,22,30H,3,6-7,15-16,19,21H2,1H3,(H,34,39)(H2,35,36,38). The fourth-order valence-electron chi connectivity index (χ4n) is 4.97. The number of anilines is 2. The van der Waals surface area contributed by atoms with Gasteiger partial charge in [0.15, 0.2) is 12.2 Å². The number of piperidine rings is 1. The molecule has 3 N–H and O–H groups in total. The minimum Gasteiger partial charge on any atom is -0.496 e. The SMILES string of the molecule is COc1cc(NC(=O)Nc2cccc(CNC(=O)OC(CN3CCCCC3)c3ccccc3)c2)ccc1-c1cnco1. The molecule has 0 aliphatic carbocycles. The van der Waals surface area contributed by atoms with E-state index in [-0.39, 0.29) is 12.6 Å². The number of alkyl carbamates (subject to hydrolysis) is 1. The number of nitrogens with zero attached hydrogens (tertiary/aromatic N) is 2. The Kier molecular flexibility index (Phi) is 9.69. The molecule has 1 aliphatic heterocycles. The molecule has 1 atom stereocenters. The third kappa shape index (κ3) is 7.88. The number of oxazole rings is 1. The molecule has 10 heteroatoms. The minimum absolute atomic E-state index is 0.251. The average molecular weight is 570 g/mol. The van der Waals surface area contributed by atoms with Crippen LogP contribution in [0.4, 0.5) is 21.0 Å². The lowest BCUT2D eigenvalue weighted by Gasteiger charge is -2.30. The smallest absolute Gasteiger partial charge is 0.408 e. The van der Waals surface area contributed by atoms with Crippen molar-refractivity contribution >= 4 is 23.5 Å². The van der Waals surface area contributed by atoms with E-state index in [2.05, 4.69) is 25.8 Å². The van der Waals surface area contributed by atoms with Crippen molar-refractivity contribution < 1.29 is 23.5 Å². The molecule has 3 aromatic carbocycles. The summed E-state index contributed by atoms with van der Waals surface area (Å²) in [5.74, 6) is 1.10. The Labute approximate surface area is 245 Å². The quantitative estimate of drug-likeness (QED) is 0.201. The molecule has 1 aliphatic rings. The first-order chi connectivity index (χ1) is 20.6. The number of ether oxygens (including phenoxy) is 2. The first-order valence-corrected chi connectivity index (χ1v) is 14.0. The molecule has 0 spiro atoms. The predicted molar refractivity (Wildman–Crippen MR) is 160 cm³/mol. The van der Waals surface area contributed by atoms with Crippen LogP contribution in [0, 0.1) is 0 Å². The van der Waals surface area contributed by atoms with E-state index >= 15 is 0 Å². The van der Waals surface area contributed by atoms with Crippen LogP contribution < -0.4 is 20.7 Å². The number of carbonyl (C=O) groups is 2. The van der Waals surface area contributed by atoms with E-state index in [9.17, 15) is 9.59 Å². The topological polar surface area (TPSA) is 118 Å². The van der Waals surface area contributed by atoms with Crippen LogP contribution in [0.1, 0.15) is 36.5 Å². The van der Waals surface area contributed by atoms with E-state index in [0.29, 0.717) is 29.4 Å². The van der Waals surface area contributed by atoms with E-state index in [1.807, 2.05) is 42.5 Å². The Balaban J connectivity index is 1.15. The van der Waals surface area contributed by atoms with E-state index in [1.165, 1.54) is 25.7 Å². The Morgan fingerprint density at radius 1 is 0.952 bits per heavy atom. The summed E-state index contributed by atoms with van der Waals surface area (Å²) in [5, 5.41) is 8.49. The van der Waals surface area contributed by atoms with Gasteiger partial charge in [-0.05, 0) is 61.3 Å². The van der Waals surface area contributed by atoms with Gasteiger partial charge < -0.3 is 29.8 Å². The van der Waals surface area contributed by atoms with Gasteiger partial charge >= 0.3 is 12.1 Å². The van der Waals surface area contributed by atoms with Crippen molar-refractivity contribution in [3.05, 3.63) is 96.5 Å². The highest BCUT2D eigenvalue weighted by atomic mass is 16.6. The number of amides is 3. The zero-order chi connectivity index (χ0) is 29.1. The van der Waals surface area contributed by atoms with Gasteiger partial charge in [-0.1, -0.05) is 48.9 Å². The fraction of sp³-hybridized carbons (Fsp3) is 0.281. The number of benzene rings is 3. The zero-order valence-corrected chi connectivity index (χ0v) is 23.5. The molecule has 1 saturated heterocycles. The van der Waals surface area contributed by atoms with Crippen LogP contribution in [0.3, 0.4) is 0 Å². The number of hydrogen-bond donors (Lipinski definition) is 3. The van der Waals surface area contributed by atoms with Crippen molar-refractivity contribution in [3.8, 4) is 17.1 Å². The Hall–Kier alpha value is -4.83. The number of likely N-dealkylation sites (tertiary alicyclic amines) is 1. The number of urea groups is 1. The zero-order valence-electron chi connectivity index (χ0n) is 23.5. The summed E-state index contributed by atoms with van der Waals surface area (Å²) < 4.78 is 16.7. The van der Waals surface area contributed by atoms with E-state index in [4.69, 9.17) is 13.9 Å². The molecule has 42 heavy (non-hydrogen) atoms. The van der Waals surface area contributed by atoms with Gasteiger partial charge in [0.2, 0.25) is 0 Å². The largest absolute Gasteiger partial charge is 0.496 e. The maximum absolute atomic E-state index is 12.8. The maximum Gasteiger partial charge on any atom is 0.408 e. The van der Waals surface area contributed by atoms with Crippen molar-refractivity contribution in [2.75, 3.05) is 37.4 Å². The van der Waals surface area contributed by atoms with E-state index in [1.54, 1.807) is 43.6 Å². The number of nitrogens with one attached hydrogen (secondary N) is 3. The number of hydrogen-bond acceptors (Lipinski definition) is 7. The molecule has 3 amide bonds. The lowest BCUT2D eigenvalue weighted by Crippen LogP contribution is -2.36. The monoisotopic (exact) mass is 569 g/mol. The van der Waals surface area contributed by atoms with Gasteiger partial charge in [-0.15, -0.1) is 0 Å². The molecule has 0 saturated carbocycles. The van der Waals surface area contributed by atoms with Crippen LogP contribution in [-0.2, 0) is 11.3 Å². The maximum atomic E-state index is 12.8. The molecule has 2 heterocycles. The second-order valence-corrected chi connectivity index (χ2v) is 10.1. The van der Waals surface area contributed by atoms with Crippen LogP contribution in [-0.4, -0.2) is 48.8 Å². The molecule has 1 unspecified atom stereocenters. The minimum atomic E-state index is -0.486. The van der Waals surface area contributed by atoms with E-state index in [0.717, 1.165) is 29.8 Å². The molecule has 10 nitrogen and oxygen atoms in total. The molecule has 1 aromatic heterocycles. The highest BCUT2D eigenvalue weighted by molar-refractivity contribution is 6.00. The van der Waals surface area contributed by atoms with Crippen LogP contribution in [0.5, 0.6) is 5.75 Å². The second-order valence-electron chi connectivity index (χ2n) is 10.1. The van der Waals surface area contributed by atoms with Crippen LogP contribution in [0.25, 0.3) is 11.3 Å². The molecule has 0 radical (unpaired) electrons. The Morgan fingerprint density at radius 2 is 1.74 bits per heavy atom. The Morgan fingerprint density at radius 3 is 2.48 bits per heavy atom. The molecule has 0 bridgehead atoms. The average Bonchev–Trinajstić information content (AvgIpc) is 3.56. The van der Waals surface area contributed by atoms with Gasteiger partial charge in [0, 0.05) is 30.5 Å². The first kappa shape index (κ1) is 28.7. The summed E-state index contributed by atoms with van der Waals surface area (Å²) >= 11 is 0. The third-order valence-electron chi connectivity index (χ3n) is 7.07. The van der Waals surface area contributed by atoms with Crippen molar-refractivity contribution in [1.82, 2.24) is 15.2 Å². The highest BCUT2D eigenvalue weighted by Gasteiger charge is 2.21. The van der Waals surface area contributed by atoms with Crippen LogP contribution >= 0.6 is 0 Å². The summed E-state index contributed by atoms with van der Waals surface area (Å²) in [5.41, 5.74) is 3.64. The van der Waals surface area contributed by atoms with Gasteiger partial charge in [-0.25, -0.2) is 14.6 Å². The summed E-state index contributed by atoms with van der Waals surface area (Å²) in [6.45, 7) is 2.95. The third-order valence-corrected chi connectivity index (χ3v) is 7.07. The lowest BCUT2D eigenvalue weighted by molar-refractivity contribution is 0.0636. The van der Waals surface area contributed by atoms with Gasteiger partial charge in [0.1, 0.15) is 11.9 Å². The predicted octanol–water partition coefficient (Wildman–Crippen LogP) is 6.45. The normalized spacial score (nSPS) is 14.0. The molecule has 4 aromatic rings. The van der Waals surface area contributed by atoms with Gasteiger partial charge in [0.25, 0.3) is 0 Å². The number of methoxy groups -OCH3 is 1. The van der Waals surface area contributed by atoms with E-state index < -0.39 is 12.1 Å². The van der Waals surface area contributed by atoms with Crippen molar-refractivity contribution in [3.63, 3.8) is 0 Å². The summed E-state index contributed by atoms with van der Waals surface area (Å²) in [6, 6.07) is 21.9. The summed E-state index contributed by atoms with van der Waals surface area (Å²) in [4.78, 5) is 31.8.